The number of rotatable bonds is 1. The Morgan fingerprint density at radius 3 is 2.67 bits per heavy atom. The van der Waals surface area contributed by atoms with E-state index in [0.29, 0.717) is 11.3 Å². The molecule has 0 unspecified atom stereocenters. The topological polar surface area (TPSA) is 63.3 Å². The molecule has 3 nitrogen and oxygen atoms in total. The lowest BCUT2D eigenvalue weighted by atomic mass is 10.1. The maximum absolute atomic E-state index is 10.6. The average molecular weight is 277 g/mol. The molecule has 64 valence electrons. The van der Waals surface area contributed by atoms with Gasteiger partial charge in [-0.2, -0.15) is 0 Å². The highest BCUT2D eigenvalue weighted by Crippen LogP contribution is 2.22. The highest BCUT2D eigenvalue weighted by Gasteiger charge is 2.10. The van der Waals surface area contributed by atoms with Gasteiger partial charge in [0.1, 0.15) is 0 Å². The van der Waals surface area contributed by atoms with Gasteiger partial charge in [-0.05, 0) is 47.2 Å². The van der Waals surface area contributed by atoms with Crippen molar-refractivity contribution in [2.75, 3.05) is 5.73 Å². The number of hydrogen-bond donors (Lipinski definition) is 2. The van der Waals surface area contributed by atoms with E-state index in [0.717, 1.165) is 9.13 Å². The second-order valence-electron chi connectivity index (χ2n) is 2.45. The van der Waals surface area contributed by atoms with Gasteiger partial charge in [0.05, 0.1) is 5.56 Å². The number of hydrogen-bond acceptors (Lipinski definition) is 2. The molecule has 3 N–H and O–H groups in total. The van der Waals surface area contributed by atoms with Gasteiger partial charge in [-0.3, -0.25) is 0 Å². The molecule has 1 aromatic carbocycles. The largest absolute Gasteiger partial charge is 0.478 e. The van der Waals surface area contributed by atoms with Gasteiger partial charge in [0, 0.05) is 9.26 Å². The van der Waals surface area contributed by atoms with Crippen LogP contribution in [0.15, 0.2) is 12.1 Å². The first-order valence-corrected chi connectivity index (χ1v) is 4.39. The molecule has 0 aliphatic carbocycles. The van der Waals surface area contributed by atoms with Gasteiger partial charge in [-0.1, -0.05) is 0 Å². The first kappa shape index (κ1) is 9.31. The Balaban J connectivity index is 3.36. The first-order chi connectivity index (χ1) is 5.54. The molecule has 0 amide bonds. The molecule has 0 saturated carbocycles. The van der Waals surface area contributed by atoms with Crippen LogP contribution in [0.3, 0.4) is 0 Å². The predicted octanol–water partition coefficient (Wildman–Crippen LogP) is 1.88. The third-order valence-electron chi connectivity index (χ3n) is 1.65. The molecule has 0 aliphatic heterocycles. The molecule has 0 aromatic heterocycles. The Kier molecular flexibility index (Phi) is 2.56. The van der Waals surface area contributed by atoms with Crippen LogP contribution in [0.2, 0.25) is 0 Å². The second-order valence-corrected chi connectivity index (χ2v) is 3.53. The van der Waals surface area contributed by atoms with E-state index in [4.69, 9.17) is 10.8 Å². The minimum absolute atomic E-state index is 0.314. The van der Waals surface area contributed by atoms with Gasteiger partial charge in [0.15, 0.2) is 0 Å². The summed E-state index contributed by atoms with van der Waals surface area (Å²) in [5, 5.41) is 8.74. The summed E-state index contributed by atoms with van der Waals surface area (Å²) in [5.74, 6) is -0.912. The summed E-state index contributed by atoms with van der Waals surface area (Å²) in [5.41, 5.74) is 7.25. The number of carbonyl (C=O) groups is 1. The van der Waals surface area contributed by atoms with Crippen LogP contribution in [-0.2, 0) is 0 Å². The zero-order valence-corrected chi connectivity index (χ0v) is 8.62. The summed E-state index contributed by atoms with van der Waals surface area (Å²) in [6, 6.07) is 3.13. The molecule has 1 rings (SSSR count). The van der Waals surface area contributed by atoms with Crippen molar-refractivity contribution in [2.45, 2.75) is 6.92 Å². The van der Waals surface area contributed by atoms with Crippen molar-refractivity contribution in [1.82, 2.24) is 0 Å². The van der Waals surface area contributed by atoms with Crippen molar-refractivity contribution in [1.29, 1.82) is 0 Å². The van der Waals surface area contributed by atoms with E-state index in [9.17, 15) is 4.79 Å². The van der Waals surface area contributed by atoms with Gasteiger partial charge < -0.3 is 10.8 Å². The van der Waals surface area contributed by atoms with Crippen molar-refractivity contribution in [3.63, 3.8) is 0 Å². The molecular weight excluding hydrogens is 269 g/mol. The Morgan fingerprint density at radius 2 is 2.17 bits per heavy atom. The van der Waals surface area contributed by atoms with Crippen LogP contribution in [0.25, 0.3) is 0 Å². The lowest BCUT2D eigenvalue weighted by Gasteiger charge is -2.05. The minimum atomic E-state index is -0.912. The maximum Gasteiger partial charge on any atom is 0.335 e. The molecule has 12 heavy (non-hydrogen) atoms. The maximum atomic E-state index is 10.6. The van der Waals surface area contributed by atoms with Crippen LogP contribution in [0.4, 0.5) is 5.69 Å². The van der Waals surface area contributed by atoms with Crippen LogP contribution in [0.1, 0.15) is 15.9 Å². The van der Waals surface area contributed by atoms with Crippen LogP contribution in [0, 0.1) is 10.5 Å². The monoisotopic (exact) mass is 277 g/mol. The normalized spacial score (nSPS) is 9.83. The highest BCUT2D eigenvalue weighted by atomic mass is 127. The fourth-order valence-electron chi connectivity index (χ4n) is 0.938. The molecule has 0 radical (unpaired) electrons. The van der Waals surface area contributed by atoms with E-state index < -0.39 is 5.97 Å². The molecule has 0 saturated heterocycles. The third-order valence-corrected chi connectivity index (χ3v) is 3.08. The number of benzene rings is 1. The molecule has 4 heteroatoms. The van der Waals surface area contributed by atoms with Crippen LogP contribution in [-0.4, -0.2) is 11.1 Å². The van der Waals surface area contributed by atoms with Crippen LogP contribution in [0.5, 0.6) is 0 Å². The molecule has 0 heterocycles. The van der Waals surface area contributed by atoms with E-state index in [1.54, 1.807) is 13.0 Å². The fourth-order valence-corrected chi connectivity index (χ4v) is 1.41. The Labute approximate surface area is 83.7 Å². The Bertz CT molecular complexity index is 336. The molecule has 0 bridgehead atoms. The zero-order chi connectivity index (χ0) is 9.30. The number of carboxylic acids is 1. The molecule has 0 fully saturated rings. The van der Waals surface area contributed by atoms with Gasteiger partial charge in [-0.25, -0.2) is 4.79 Å². The fraction of sp³-hybridized carbons (Fsp3) is 0.125. The summed E-state index contributed by atoms with van der Waals surface area (Å²) < 4.78 is 0.813. The van der Waals surface area contributed by atoms with Gasteiger partial charge in [0.25, 0.3) is 0 Å². The molecular formula is C8H8INO2. The molecule has 0 spiro atoms. The summed E-state index contributed by atoms with van der Waals surface area (Å²) >= 11 is 2.04. The number of carboxylic acid groups (broad SMARTS) is 1. The van der Waals surface area contributed by atoms with Crippen molar-refractivity contribution >= 4 is 34.2 Å². The summed E-state index contributed by atoms with van der Waals surface area (Å²) in [6.07, 6.45) is 0. The minimum Gasteiger partial charge on any atom is -0.478 e. The summed E-state index contributed by atoms with van der Waals surface area (Å²) in [6.45, 7) is 1.75. The first-order valence-electron chi connectivity index (χ1n) is 3.32. The quantitative estimate of drug-likeness (QED) is 0.608. The van der Waals surface area contributed by atoms with Gasteiger partial charge >= 0.3 is 5.97 Å². The van der Waals surface area contributed by atoms with Gasteiger partial charge in [0.2, 0.25) is 0 Å². The van der Waals surface area contributed by atoms with Gasteiger partial charge in [-0.15, -0.1) is 0 Å². The smallest absolute Gasteiger partial charge is 0.335 e. The van der Waals surface area contributed by atoms with Crippen molar-refractivity contribution in [3.8, 4) is 0 Å². The van der Waals surface area contributed by atoms with Crippen LogP contribution < -0.4 is 5.73 Å². The number of anilines is 1. The third kappa shape index (κ3) is 1.52. The summed E-state index contributed by atoms with van der Waals surface area (Å²) in [7, 11) is 0. The van der Waals surface area contributed by atoms with Crippen molar-refractivity contribution in [3.05, 3.63) is 26.8 Å². The number of nitrogen functional groups attached to an aromatic ring is 1. The number of nitrogens with two attached hydrogens (primary N) is 1. The zero-order valence-electron chi connectivity index (χ0n) is 6.47. The molecule has 0 atom stereocenters. The van der Waals surface area contributed by atoms with E-state index in [1.165, 1.54) is 6.07 Å². The summed E-state index contributed by atoms with van der Waals surface area (Å²) in [4.78, 5) is 10.6. The standard InChI is InChI=1S/C8H8INO2/c1-4-5(8(11)12)2-3-6(10)7(4)9/h2-3H,10H2,1H3,(H,11,12). The van der Waals surface area contributed by atoms with E-state index >= 15 is 0 Å². The average Bonchev–Trinajstić information content (AvgIpc) is 2.00. The van der Waals surface area contributed by atoms with E-state index in [2.05, 4.69) is 0 Å². The van der Waals surface area contributed by atoms with E-state index in [1.807, 2.05) is 22.6 Å². The lowest BCUT2D eigenvalue weighted by Crippen LogP contribution is -2.03. The Morgan fingerprint density at radius 1 is 1.58 bits per heavy atom. The second kappa shape index (κ2) is 3.30. The predicted molar refractivity (Wildman–Crippen MR) is 55.3 cm³/mol. The SMILES string of the molecule is Cc1c(C(=O)O)ccc(N)c1I. The van der Waals surface area contributed by atoms with Crippen LogP contribution >= 0.6 is 22.6 Å². The molecule has 0 aliphatic rings. The van der Waals surface area contributed by atoms with Crippen molar-refractivity contribution < 1.29 is 9.90 Å². The highest BCUT2D eigenvalue weighted by molar-refractivity contribution is 14.1. The van der Waals surface area contributed by atoms with E-state index in [-0.39, 0.29) is 0 Å². The Hall–Kier alpha value is -0.780. The lowest BCUT2D eigenvalue weighted by molar-refractivity contribution is 0.0696. The number of halogens is 1. The number of aromatic carboxylic acids is 1. The van der Waals surface area contributed by atoms with Crippen molar-refractivity contribution in [2.24, 2.45) is 0 Å². The molecule has 1 aromatic rings.